The third-order valence-electron chi connectivity index (χ3n) is 8.84. The van der Waals surface area contributed by atoms with Gasteiger partial charge in [-0.3, -0.25) is 4.98 Å². The smallest absolute Gasteiger partial charge is 0.354 e. The van der Waals surface area contributed by atoms with Crippen molar-refractivity contribution in [2.45, 2.75) is 0 Å². The van der Waals surface area contributed by atoms with Crippen LogP contribution in [0.5, 0.6) is 0 Å². The fourth-order valence-electron chi connectivity index (χ4n) is 5.38. The molecule has 10 heterocycles. The van der Waals surface area contributed by atoms with Gasteiger partial charge in [0.25, 0.3) is 5.95 Å². The maximum atomic E-state index is 12.8. The first-order valence-corrected chi connectivity index (χ1v) is 22.0. The molecule has 0 atom stereocenters. The Bertz CT molecular complexity index is 3600. The molecule has 11 N–H and O–H groups in total. The number of carboxylic acids is 5. The van der Waals surface area contributed by atoms with E-state index < -0.39 is 41.6 Å². The summed E-state index contributed by atoms with van der Waals surface area (Å²) in [6.07, 6.45) is 11.7. The Morgan fingerprint density at radius 1 is 0.407 bits per heavy atom. The Hall–Kier alpha value is -12.7. The molecular formula is C46H35F2N23O10. The van der Waals surface area contributed by atoms with Crippen molar-refractivity contribution in [3.05, 3.63) is 188 Å². The minimum absolute atomic E-state index is 0.0495. The Kier molecular flexibility index (Phi) is 20.9. The molecule has 408 valence electrons. The van der Waals surface area contributed by atoms with Crippen LogP contribution in [0.1, 0.15) is 52.4 Å². The van der Waals surface area contributed by atoms with E-state index in [-0.39, 0.29) is 57.7 Å². The Balaban J connectivity index is 0.000000163. The second-order valence-electron chi connectivity index (χ2n) is 14.5. The molecule has 0 aliphatic carbocycles. The van der Waals surface area contributed by atoms with Gasteiger partial charge in [-0.1, -0.05) is 17.2 Å². The van der Waals surface area contributed by atoms with E-state index in [1.54, 1.807) is 42.9 Å². The largest absolute Gasteiger partial charge is 0.477 e. The summed E-state index contributed by atoms with van der Waals surface area (Å²) >= 11 is 0. The van der Waals surface area contributed by atoms with Crippen molar-refractivity contribution in [3.8, 4) is 0 Å². The van der Waals surface area contributed by atoms with Crippen LogP contribution in [-0.4, -0.2) is 146 Å². The molecule has 81 heavy (non-hydrogen) atoms. The van der Waals surface area contributed by atoms with Crippen LogP contribution >= 0.6 is 0 Å². The number of pyridine rings is 4. The van der Waals surface area contributed by atoms with Gasteiger partial charge in [-0.05, 0) is 53.7 Å². The summed E-state index contributed by atoms with van der Waals surface area (Å²) in [5, 5.41) is 70.3. The van der Waals surface area contributed by atoms with Crippen molar-refractivity contribution in [2.24, 2.45) is 0 Å². The molecular weight excluding hydrogens is 1070 g/mol. The molecule has 0 fully saturated rings. The van der Waals surface area contributed by atoms with Crippen molar-refractivity contribution in [1.29, 1.82) is 0 Å². The quantitative estimate of drug-likeness (QED) is 0.0604. The van der Waals surface area contributed by atoms with E-state index in [9.17, 15) is 32.8 Å². The molecule has 10 aromatic rings. The van der Waals surface area contributed by atoms with Gasteiger partial charge in [0.2, 0.25) is 5.95 Å². The molecule has 35 heteroatoms. The van der Waals surface area contributed by atoms with Crippen molar-refractivity contribution < 1.29 is 58.3 Å². The van der Waals surface area contributed by atoms with Crippen molar-refractivity contribution in [3.63, 3.8) is 0 Å². The molecule has 0 bridgehead atoms. The molecule has 0 amide bonds. The summed E-state index contributed by atoms with van der Waals surface area (Å²) in [6.45, 7) is 0. The van der Waals surface area contributed by atoms with Gasteiger partial charge in [0.15, 0.2) is 28.5 Å². The van der Waals surface area contributed by atoms with Crippen LogP contribution in [0, 0.1) is 11.8 Å². The van der Waals surface area contributed by atoms with E-state index in [0.717, 1.165) is 30.9 Å². The van der Waals surface area contributed by atoms with E-state index in [0.29, 0.717) is 23.3 Å². The SMILES string of the molecule is O=C(O)c1cc(Nc2ccc(F)cn2)ncn1.O=C(O)c1cc(Nc2cccc(F)n2)ncn1.O=C(O)c1cc(Nc2ccccn2)ncn1.O=C(O)c1cc(Nc2ccncc2)ncn1.O=C(O)c1cc(Nc2nn[nH]n2)ncn1. The number of tetrazole rings is 1. The normalized spacial score (nSPS) is 9.85. The highest BCUT2D eigenvalue weighted by Crippen LogP contribution is 2.16. The summed E-state index contributed by atoms with van der Waals surface area (Å²) in [5.74, 6) is -3.71. The number of H-pyrrole nitrogens is 1. The maximum Gasteiger partial charge on any atom is 0.354 e. The lowest BCUT2D eigenvalue weighted by Crippen LogP contribution is -2.03. The molecule has 0 aromatic carbocycles. The van der Waals surface area contributed by atoms with Gasteiger partial charge in [-0.25, -0.2) is 93.2 Å². The summed E-state index contributed by atoms with van der Waals surface area (Å²) in [4.78, 5) is 106. The highest BCUT2D eigenvalue weighted by Gasteiger charge is 2.11. The number of halogens is 2. The molecule has 0 unspecified atom stereocenters. The molecule has 0 spiro atoms. The second-order valence-corrected chi connectivity index (χ2v) is 14.5. The Morgan fingerprint density at radius 2 is 0.840 bits per heavy atom. The third-order valence-corrected chi connectivity index (χ3v) is 8.84. The minimum atomic E-state index is -1.16. The van der Waals surface area contributed by atoms with Crippen molar-refractivity contribution in [2.75, 3.05) is 26.6 Å². The Morgan fingerprint density at radius 3 is 1.23 bits per heavy atom. The molecule has 0 aliphatic rings. The number of nitrogens with zero attached hydrogens (tertiary/aromatic N) is 17. The number of hydrogen-bond acceptors (Lipinski definition) is 27. The van der Waals surface area contributed by atoms with E-state index in [4.69, 9.17) is 25.5 Å². The summed E-state index contributed by atoms with van der Waals surface area (Å²) < 4.78 is 25.4. The summed E-state index contributed by atoms with van der Waals surface area (Å²) in [5.41, 5.74) is 0.268. The average molecular weight is 1110 g/mol. The topological polar surface area (TPSA) is 482 Å². The third kappa shape index (κ3) is 19.8. The minimum Gasteiger partial charge on any atom is -0.477 e. The van der Waals surface area contributed by atoms with E-state index >= 15 is 0 Å². The number of nitrogens with one attached hydrogen (secondary N) is 6. The predicted octanol–water partition coefficient (Wildman–Crippen LogP) is 4.96. The number of carboxylic acid groups (broad SMARTS) is 5. The lowest BCUT2D eigenvalue weighted by molar-refractivity contribution is 0.0679. The number of aromatic carboxylic acids is 5. The van der Waals surface area contributed by atoms with Gasteiger partial charge >= 0.3 is 29.8 Å². The van der Waals surface area contributed by atoms with Crippen LogP contribution in [0.4, 0.5) is 67.0 Å². The van der Waals surface area contributed by atoms with E-state index in [1.807, 2.05) is 6.07 Å². The molecule has 0 saturated heterocycles. The molecule has 0 saturated carbocycles. The van der Waals surface area contributed by atoms with E-state index in [1.165, 1.54) is 73.3 Å². The maximum absolute atomic E-state index is 12.8. The number of anilines is 10. The summed E-state index contributed by atoms with van der Waals surface area (Å²) in [6, 6.07) is 22.2. The fraction of sp³-hybridized carbons (Fsp3) is 0. The molecule has 10 rings (SSSR count). The van der Waals surface area contributed by atoms with Crippen LogP contribution in [0.2, 0.25) is 0 Å². The zero-order valence-electron chi connectivity index (χ0n) is 40.5. The molecule has 33 nitrogen and oxygen atoms in total. The standard InChI is InChI=1S/2C10H7FN4O2.2C10H8N4O2.C6H5N7O2/c11-6-1-2-8(12-4-6)15-9-3-7(10(16)17)13-5-14-9;11-7-2-1-3-8(14-7)15-9-4-6(10(16)17)12-5-13-9;15-10(16)8-5-9(13-6-12-8)14-7-1-3-11-4-2-7;15-10(16)7-5-9(13-6-12-7)14-8-3-1-2-4-11-8;14-5(15)3-1-4(8-2-7-3)9-6-10-12-13-11-6/h2*1-5H,(H,16,17)(H,12,13,14,15);2*1-6H,(H,15,16)(H,11,12,13,14);1-2H,(H,14,15)(H2,7,8,9,10,11,12,13). The zero-order valence-corrected chi connectivity index (χ0v) is 40.5. The van der Waals surface area contributed by atoms with E-state index in [2.05, 4.69) is 117 Å². The Labute approximate surface area is 450 Å². The first-order chi connectivity index (χ1) is 39.1. The van der Waals surface area contributed by atoms with Gasteiger partial charge in [0, 0.05) is 54.6 Å². The number of carbonyl (C=O) groups is 5. The van der Waals surface area contributed by atoms with Crippen LogP contribution in [-0.2, 0) is 0 Å². The van der Waals surface area contributed by atoms with Gasteiger partial charge in [-0.2, -0.15) is 9.60 Å². The number of aromatic nitrogens is 18. The summed E-state index contributed by atoms with van der Waals surface area (Å²) in [7, 11) is 0. The lowest BCUT2D eigenvalue weighted by Gasteiger charge is -2.04. The first kappa shape index (κ1) is 57.6. The number of hydrogen-bond donors (Lipinski definition) is 11. The monoisotopic (exact) mass is 1110 g/mol. The molecule has 10 aromatic heterocycles. The highest BCUT2D eigenvalue weighted by molar-refractivity contribution is 5.88. The fourth-order valence-corrected chi connectivity index (χ4v) is 5.38. The predicted molar refractivity (Wildman–Crippen MR) is 272 cm³/mol. The second kappa shape index (κ2) is 29.4. The van der Waals surface area contributed by atoms with Gasteiger partial charge in [0.05, 0.1) is 6.20 Å². The molecule has 0 radical (unpaired) electrons. The number of aromatic amines is 1. The van der Waals surface area contributed by atoms with Crippen LogP contribution < -0.4 is 26.6 Å². The van der Waals surface area contributed by atoms with Crippen LogP contribution in [0.25, 0.3) is 0 Å². The van der Waals surface area contributed by atoms with Gasteiger partial charge < -0.3 is 52.1 Å². The van der Waals surface area contributed by atoms with Gasteiger partial charge in [0.1, 0.15) is 84.0 Å². The van der Waals surface area contributed by atoms with Crippen molar-refractivity contribution in [1.82, 2.24) is 90.4 Å². The van der Waals surface area contributed by atoms with Crippen LogP contribution in [0.15, 0.2) is 147 Å². The average Bonchev–Trinajstić information content (AvgIpc) is 3.98. The highest BCUT2D eigenvalue weighted by atomic mass is 19.1. The number of rotatable bonds is 15. The van der Waals surface area contributed by atoms with Crippen LogP contribution in [0.3, 0.4) is 0 Å². The molecule has 0 aliphatic heterocycles. The van der Waals surface area contributed by atoms with Gasteiger partial charge in [-0.15, -0.1) is 5.10 Å². The van der Waals surface area contributed by atoms with Crippen molar-refractivity contribution >= 4 is 88.0 Å². The zero-order chi connectivity index (χ0) is 57.9. The lowest BCUT2D eigenvalue weighted by atomic mass is 10.3. The first-order valence-electron chi connectivity index (χ1n) is 22.0.